The van der Waals surface area contributed by atoms with Crippen molar-refractivity contribution in [3.8, 4) is 0 Å². The molecule has 1 aromatic carbocycles. The zero-order valence-corrected chi connectivity index (χ0v) is 11.4. The van der Waals surface area contributed by atoms with Crippen molar-refractivity contribution >= 4 is 27.5 Å². The first-order valence-electron chi connectivity index (χ1n) is 5.66. The average molecular weight is 315 g/mol. The number of morpholine rings is 1. The molecule has 98 valence electrons. The number of carbonyl (C=O) groups excluding carboxylic acids is 1. The number of aliphatic hydroxyl groups is 1. The molecule has 0 bridgehead atoms. The second-order valence-corrected chi connectivity index (χ2v) is 4.98. The second kappa shape index (κ2) is 5.69. The summed E-state index contributed by atoms with van der Waals surface area (Å²) in [6.07, 6.45) is 0. The fourth-order valence-corrected chi connectivity index (χ4v) is 2.66. The minimum absolute atomic E-state index is 0.0127. The van der Waals surface area contributed by atoms with Crippen LogP contribution >= 0.6 is 15.9 Å². The third-order valence-electron chi connectivity index (χ3n) is 2.96. The number of ether oxygens (including phenoxy) is 1. The maximum Gasteiger partial charge on any atom is 0.242 e. The van der Waals surface area contributed by atoms with Gasteiger partial charge >= 0.3 is 0 Å². The SMILES string of the molecule is NC(=O)C1COCCN1c1ccc(CO)cc1Br. The summed E-state index contributed by atoms with van der Waals surface area (Å²) >= 11 is 3.45. The number of primary amides is 1. The lowest BCUT2D eigenvalue weighted by Crippen LogP contribution is -2.52. The number of carbonyl (C=O) groups is 1. The van der Waals surface area contributed by atoms with Crippen molar-refractivity contribution in [1.29, 1.82) is 0 Å². The highest BCUT2D eigenvalue weighted by molar-refractivity contribution is 9.10. The van der Waals surface area contributed by atoms with Crippen LogP contribution in [0.4, 0.5) is 5.69 Å². The molecule has 0 spiro atoms. The highest BCUT2D eigenvalue weighted by Crippen LogP contribution is 2.30. The predicted molar refractivity (Wildman–Crippen MR) is 71.2 cm³/mol. The number of aliphatic hydroxyl groups excluding tert-OH is 1. The molecule has 1 aromatic rings. The van der Waals surface area contributed by atoms with Gasteiger partial charge in [0.2, 0.25) is 5.91 Å². The van der Waals surface area contributed by atoms with Crippen LogP contribution in [-0.2, 0) is 16.1 Å². The normalized spacial score (nSPS) is 19.9. The fourth-order valence-electron chi connectivity index (χ4n) is 2.01. The van der Waals surface area contributed by atoms with E-state index in [1.807, 2.05) is 23.1 Å². The average Bonchev–Trinajstić information content (AvgIpc) is 2.38. The zero-order valence-electron chi connectivity index (χ0n) is 9.80. The summed E-state index contributed by atoms with van der Waals surface area (Å²) in [4.78, 5) is 13.3. The second-order valence-electron chi connectivity index (χ2n) is 4.13. The molecule has 0 saturated carbocycles. The summed E-state index contributed by atoms with van der Waals surface area (Å²) < 4.78 is 6.12. The molecule has 1 atom stereocenters. The Morgan fingerprint density at radius 3 is 3.00 bits per heavy atom. The monoisotopic (exact) mass is 314 g/mol. The molecule has 5 nitrogen and oxygen atoms in total. The van der Waals surface area contributed by atoms with Gasteiger partial charge < -0.3 is 20.5 Å². The summed E-state index contributed by atoms with van der Waals surface area (Å²) in [6, 6.07) is 5.09. The van der Waals surface area contributed by atoms with Crippen molar-refractivity contribution in [2.75, 3.05) is 24.7 Å². The van der Waals surface area contributed by atoms with Crippen molar-refractivity contribution < 1.29 is 14.6 Å². The van der Waals surface area contributed by atoms with Crippen LogP contribution in [0.2, 0.25) is 0 Å². The van der Waals surface area contributed by atoms with E-state index in [-0.39, 0.29) is 6.61 Å². The summed E-state index contributed by atoms with van der Waals surface area (Å²) in [5.41, 5.74) is 7.09. The van der Waals surface area contributed by atoms with Gasteiger partial charge in [0, 0.05) is 11.0 Å². The number of benzene rings is 1. The van der Waals surface area contributed by atoms with Gasteiger partial charge in [0.25, 0.3) is 0 Å². The van der Waals surface area contributed by atoms with Crippen LogP contribution < -0.4 is 10.6 Å². The van der Waals surface area contributed by atoms with E-state index < -0.39 is 11.9 Å². The van der Waals surface area contributed by atoms with Crippen LogP contribution in [0.5, 0.6) is 0 Å². The van der Waals surface area contributed by atoms with Crippen molar-refractivity contribution in [3.05, 3.63) is 28.2 Å². The Morgan fingerprint density at radius 1 is 1.61 bits per heavy atom. The van der Waals surface area contributed by atoms with E-state index in [4.69, 9.17) is 15.6 Å². The fraction of sp³-hybridized carbons (Fsp3) is 0.417. The Hall–Kier alpha value is -1.11. The molecule has 1 aliphatic rings. The van der Waals surface area contributed by atoms with E-state index in [9.17, 15) is 4.79 Å². The topological polar surface area (TPSA) is 75.8 Å². The van der Waals surface area contributed by atoms with E-state index in [0.717, 1.165) is 15.7 Å². The summed E-state index contributed by atoms with van der Waals surface area (Å²) in [6.45, 7) is 1.48. The number of hydrogen-bond acceptors (Lipinski definition) is 4. The van der Waals surface area contributed by atoms with Gasteiger partial charge in [0.1, 0.15) is 6.04 Å². The lowest BCUT2D eigenvalue weighted by molar-refractivity contribution is -0.121. The molecule has 0 aromatic heterocycles. The molecule has 18 heavy (non-hydrogen) atoms. The third kappa shape index (κ3) is 2.66. The molecular weight excluding hydrogens is 300 g/mol. The first-order valence-corrected chi connectivity index (χ1v) is 6.45. The van der Waals surface area contributed by atoms with Gasteiger partial charge in [-0.3, -0.25) is 4.79 Å². The van der Waals surface area contributed by atoms with Crippen LogP contribution in [0.3, 0.4) is 0 Å². The number of amides is 1. The van der Waals surface area contributed by atoms with Crippen molar-refractivity contribution in [3.63, 3.8) is 0 Å². The lowest BCUT2D eigenvalue weighted by Gasteiger charge is -2.36. The number of hydrogen-bond donors (Lipinski definition) is 2. The minimum Gasteiger partial charge on any atom is -0.392 e. The third-order valence-corrected chi connectivity index (χ3v) is 3.60. The Morgan fingerprint density at radius 2 is 2.39 bits per heavy atom. The standard InChI is InChI=1S/C12H15BrN2O3/c13-9-5-8(6-16)1-2-10(9)15-3-4-18-7-11(15)12(14)17/h1-2,5,11,16H,3-4,6-7H2,(H2,14,17). The number of anilines is 1. The molecule has 3 N–H and O–H groups in total. The van der Waals surface area contributed by atoms with E-state index in [2.05, 4.69) is 15.9 Å². The summed E-state index contributed by atoms with van der Waals surface area (Å²) in [5.74, 6) is -0.396. The van der Waals surface area contributed by atoms with E-state index >= 15 is 0 Å². The first kappa shape index (κ1) is 13.3. The molecule has 1 heterocycles. The van der Waals surface area contributed by atoms with Gasteiger partial charge in [-0.2, -0.15) is 0 Å². The first-order chi connectivity index (χ1) is 8.63. The molecule has 1 amide bonds. The highest BCUT2D eigenvalue weighted by atomic mass is 79.9. The summed E-state index contributed by atoms with van der Waals surface area (Å²) in [7, 11) is 0. The van der Waals surface area contributed by atoms with Crippen molar-refractivity contribution in [2.24, 2.45) is 5.73 Å². The molecule has 0 radical (unpaired) electrons. The Kier molecular flexibility index (Phi) is 4.21. The van der Waals surface area contributed by atoms with E-state index in [0.29, 0.717) is 19.8 Å². The van der Waals surface area contributed by atoms with E-state index in [1.165, 1.54) is 0 Å². The molecule has 6 heteroatoms. The Balaban J connectivity index is 2.31. The molecule has 0 aliphatic carbocycles. The maximum atomic E-state index is 11.4. The van der Waals surface area contributed by atoms with Gasteiger partial charge in [-0.15, -0.1) is 0 Å². The van der Waals surface area contributed by atoms with Gasteiger partial charge in [-0.1, -0.05) is 6.07 Å². The van der Waals surface area contributed by atoms with E-state index in [1.54, 1.807) is 0 Å². The van der Waals surface area contributed by atoms with Crippen LogP contribution in [0.1, 0.15) is 5.56 Å². The van der Waals surface area contributed by atoms with Crippen LogP contribution in [0, 0.1) is 0 Å². The number of halogens is 1. The Bertz CT molecular complexity index is 453. The molecule has 1 aliphatic heterocycles. The maximum absolute atomic E-state index is 11.4. The summed E-state index contributed by atoms with van der Waals surface area (Å²) in [5, 5.41) is 9.07. The van der Waals surface area contributed by atoms with Crippen molar-refractivity contribution in [2.45, 2.75) is 12.6 Å². The molecule has 2 rings (SSSR count). The molecular formula is C12H15BrN2O3. The number of nitrogens with zero attached hydrogens (tertiary/aromatic N) is 1. The quantitative estimate of drug-likeness (QED) is 0.858. The van der Waals surface area contributed by atoms with Crippen LogP contribution in [-0.4, -0.2) is 36.8 Å². The highest BCUT2D eigenvalue weighted by Gasteiger charge is 2.28. The molecule has 1 saturated heterocycles. The predicted octanol–water partition coefficient (Wildman–Crippen LogP) is 0.632. The van der Waals surface area contributed by atoms with Gasteiger partial charge in [-0.25, -0.2) is 0 Å². The largest absolute Gasteiger partial charge is 0.392 e. The van der Waals surface area contributed by atoms with Gasteiger partial charge in [0.05, 0.1) is 25.5 Å². The van der Waals surface area contributed by atoms with Crippen molar-refractivity contribution in [1.82, 2.24) is 0 Å². The number of nitrogens with two attached hydrogens (primary N) is 1. The van der Waals surface area contributed by atoms with Crippen LogP contribution in [0.15, 0.2) is 22.7 Å². The molecule has 1 unspecified atom stereocenters. The Labute approximate surface area is 114 Å². The minimum atomic E-state index is -0.449. The molecule has 1 fully saturated rings. The lowest BCUT2D eigenvalue weighted by atomic mass is 10.1. The van der Waals surface area contributed by atoms with Gasteiger partial charge in [-0.05, 0) is 33.6 Å². The van der Waals surface area contributed by atoms with Gasteiger partial charge in [0.15, 0.2) is 0 Å². The number of rotatable bonds is 3. The van der Waals surface area contributed by atoms with Crippen LogP contribution in [0.25, 0.3) is 0 Å². The smallest absolute Gasteiger partial charge is 0.242 e. The zero-order chi connectivity index (χ0) is 13.1.